The van der Waals surface area contributed by atoms with Gasteiger partial charge in [-0.05, 0) is 29.8 Å². The number of hydrogen-bond acceptors (Lipinski definition) is 4. The molecule has 0 radical (unpaired) electrons. The van der Waals surface area contributed by atoms with E-state index in [2.05, 4.69) is 25.9 Å². The summed E-state index contributed by atoms with van der Waals surface area (Å²) in [5.74, 6) is 0.441. The third-order valence-corrected chi connectivity index (χ3v) is 3.20. The summed E-state index contributed by atoms with van der Waals surface area (Å²) in [6.45, 7) is 4.04. The second-order valence-corrected chi connectivity index (χ2v) is 5.34. The molecule has 1 aromatic heterocycles. The summed E-state index contributed by atoms with van der Waals surface area (Å²) in [5.41, 5.74) is -0.187. The van der Waals surface area contributed by atoms with E-state index >= 15 is 0 Å². The summed E-state index contributed by atoms with van der Waals surface area (Å²) >= 11 is 3.26. The Morgan fingerprint density at radius 2 is 1.94 bits per heavy atom. The number of hydrazine groups is 1. The molecule has 0 bridgehead atoms. The van der Waals surface area contributed by atoms with E-state index in [0.29, 0.717) is 12.4 Å². The van der Waals surface area contributed by atoms with E-state index in [9.17, 15) is 4.79 Å². The number of carbonyl (C=O) groups excluding carboxylic acids is 1. The van der Waals surface area contributed by atoms with Crippen molar-refractivity contribution in [3.05, 3.63) is 16.9 Å². The average Bonchev–Trinajstić information content (AvgIpc) is 2.39. The third-order valence-electron chi connectivity index (χ3n) is 2.79. The van der Waals surface area contributed by atoms with Crippen molar-refractivity contribution in [1.29, 1.82) is 0 Å². The van der Waals surface area contributed by atoms with Gasteiger partial charge >= 0.3 is 0 Å². The van der Waals surface area contributed by atoms with Crippen molar-refractivity contribution in [3.63, 3.8) is 0 Å². The zero-order valence-electron chi connectivity index (χ0n) is 9.44. The number of hydrogen-bond donors (Lipinski definition) is 0. The van der Waals surface area contributed by atoms with Gasteiger partial charge in [-0.2, -0.15) is 0 Å². The molecule has 1 aliphatic rings. The first-order chi connectivity index (χ1) is 7.42. The molecule has 0 aromatic carbocycles. The highest BCUT2D eigenvalue weighted by Crippen LogP contribution is 2.30. The minimum Gasteiger partial charge on any atom is -0.273 e. The van der Waals surface area contributed by atoms with Crippen molar-refractivity contribution >= 4 is 27.8 Å². The molecule has 1 aromatic rings. The van der Waals surface area contributed by atoms with E-state index in [0.717, 1.165) is 4.47 Å². The summed E-state index contributed by atoms with van der Waals surface area (Å²) in [4.78, 5) is 20.1. The lowest BCUT2D eigenvalue weighted by Gasteiger charge is -2.31. The van der Waals surface area contributed by atoms with Gasteiger partial charge in [0.1, 0.15) is 0 Å². The summed E-state index contributed by atoms with van der Waals surface area (Å²) in [5, 5.41) is 3.39. The van der Waals surface area contributed by atoms with Crippen molar-refractivity contribution in [2.24, 2.45) is 0 Å². The molecule has 0 unspecified atom stereocenters. The fourth-order valence-corrected chi connectivity index (χ4v) is 1.86. The lowest BCUT2D eigenvalue weighted by Crippen LogP contribution is -2.45. The highest BCUT2D eigenvalue weighted by Gasteiger charge is 2.43. The summed E-state index contributed by atoms with van der Waals surface area (Å²) in [6, 6.07) is 0. The first-order valence-corrected chi connectivity index (χ1v) is 5.75. The Morgan fingerprint density at radius 1 is 1.38 bits per heavy atom. The first kappa shape index (κ1) is 11.5. The van der Waals surface area contributed by atoms with Gasteiger partial charge in [-0.15, -0.1) is 0 Å². The average molecular weight is 285 g/mol. The van der Waals surface area contributed by atoms with E-state index in [1.165, 1.54) is 5.01 Å². The van der Waals surface area contributed by atoms with Gasteiger partial charge in [0.2, 0.25) is 11.9 Å². The Bertz CT molecular complexity index is 417. The van der Waals surface area contributed by atoms with E-state index in [-0.39, 0.29) is 11.4 Å². The van der Waals surface area contributed by atoms with Gasteiger partial charge in [0.25, 0.3) is 0 Å². The largest absolute Gasteiger partial charge is 0.273 e. The predicted octanol–water partition coefficient (Wildman–Crippen LogP) is 1.60. The van der Waals surface area contributed by atoms with Crippen LogP contribution in [0.25, 0.3) is 0 Å². The van der Waals surface area contributed by atoms with Gasteiger partial charge in [-0.3, -0.25) is 4.79 Å². The zero-order chi connectivity index (χ0) is 11.9. The molecule has 5 nitrogen and oxygen atoms in total. The highest BCUT2D eigenvalue weighted by molar-refractivity contribution is 9.10. The van der Waals surface area contributed by atoms with Crippen LogP contribution >= 0.6 is 15.9 Å². The lowest BCUT2D eigenvalue weighted by molar-refractivity contribution is -0.118. The van der Waals surface area contributed by atoms with Crippen LogP contribution in [0.3, 0.4) is 0 Å². The number of rotatable bonds is 1. The number of nitrogens with zero attached hydrogens (tertiary/aromatic N) is 4. The van der Waals surface area contributed by atoms with Gasteiger partial charge in [-0.1, -0.05) is 0 Å². The molecule has 0 aliphatic carbocycles. The van der Waals surface area contributed by atoms with Gasteiger partial charge in [-0.25, -0.2) is 20.0 Å². The minimum atomic E-state index is -0.187. The van der Waals surface area contributed by atoms with E-state index in [4.69, 9.17) is 0 Å². The van der Waals surface area contributed by atoms with Gasteiger partial charge in [0.05, 0.1) is 4.47 Å². The molecule has 1 fully saturated rings. The molecule has 0 spiro atoms. The summed E-state index contributed by atoms with van der Waals surface area (Å²) in [7, 11) is 1.87. The molecule has 1 aliphatic heterocycles. The second-order valence-electron chi connectivity index (χ2n) is 4.42. The van der Waals surface area contributed by atoms with Crippen LogP contribution in [0.4, 0.5) is 5.95 Å². The number of anilines is 1. The molecule has 1 amide bonds. The van der Waals surface area contributed by atoms with Crippen LogP contribution in [-0.4, -0.2) is 33.5 Å². The van der Waals surface area contributed by atoms with Gasteiger partial charge < -0.3 is 0 Å². The molecule has 16 heavy (non-hydrogen) atoms. The fourth-order valence-electron chi connectivity index (χ4n) is 1.66. The predicted molar refractivity (Wildman–Crippen MR) is 63.7 cm³/mol. The number of aromatic nitrogens is 2. The normalized spacial score (nSPS) is 20.5. The highest BCUT2D eigenvalue weighted by atomic mass is 79.9. The Kier molecular flexibility index (Phi) is 2.71. The Labute approximate surface area is 103 Å². The lowest BCUT2D eigenvalue weighted by atomic mass is 10.0. The molecular formula is C10H13BrN4O. The molecule has 2 rings (SSSR count). The van der Waals surface area contributed by atoms with Crippen LogP contribution in [0.2, 0.25) is 0 Å². The SMILES string of the molecule is CN1N(c2ncc(Br)cn2)C(=O)CC1(C)C. The van der Waals surface area contributed by atoms with Crippen molar-refractivity contribution in [2.45, 2.75) is 25.8 Å². The van der Waals surface area contributed by atoms with Crippen LogP contribution < -0.4 is 5.01 Å². The molecule has 0 N–H and O–H groups in total. The minimum absolute atomic E-state index is 0.0230. The maximum Gasteiger partial charge on any atom is 0.247 e. The van der Waals surface area contributed by atoms with E-state index in [1.54, 1.807) is 12.4 Å². The quantitative estimate of drug-likeness (QED) is 0.786. The van der Waals surface area contributed by atoms with E-state index in [1.807, 2.05) is 25.9 Å². The van der Waals surface area contributed by atoms with Crippen LogP contribution in [0.15, 0.2) is 16.9 Å². The van der Waals surface area contributed by atoms with Crippen LogP contribution in [0.1, 0.15) is 20.3 Å². The van der Waals surface area contributed by atoms with Crippen LogP contribution in [-0.2, 0) is 4.79 Å². The Hall–Kier alpha value is -1.01. The third kappa shape index (κ3) is 1.82. The van der Waals surface area contributed by atoms with Gasteiger partial charge in [0.15, 0.2) is 0 Å². The molecular weight excluding hydrogens is 272 g/mol. The molecule has 0 atom stereocenters. The maximum absolute atomic E-state index is 11.9. The Balaban J connectivity index is 2.35. The summed E-state index contributed by atoms with van der Waals surface area (Å²) in [6.07, 6.45) is 3.74. The van der Waals surface area contributed by atoms with Crippen molar-refractivity contribution in [3.8, 4) is 0 Å². The van der Waals surface area contributed by atoms with E-state index < -0.39 is 0 Å². The maximum atomic E-state index is 11.9. The fraction of sp³-hybridized carbons (Fsp3) is 0.500. The van der Waals surface area contributed by atoms with Crippen molar-refractivity contribution in [2.75, 3.05) is 12.1 Å². The molecule has 2 heterocycles. The number of amides is 1. The van der Waals surface area contributed by atoms with Crippen LogP contribution in [0.5, 0.6) is 0 Å². The Morgan fingerprint density at radius 3 is 2.38 bits per heavy atom. The number of carbonyl (C=O) groups is 1. The molecule has 6 heteroatoms. The molecule has 86 valence electrons. The van der Waals surface area contributed by atoms with Crippen molar-refractivity contribution < 1.29 is 4.79 Å². The smallest absolute Gasteiger partial charge is 0.247 e. The second kappa shape index (κ2) is 3.78. The van der Waals surface area contributed by atoms with Gasteiger partial charge in [0, 0.05) is 31.4 Å². The zero-order valence-corrected chi connectivity index (χ0v) is 11.0. The topological polar surface area (TPSA) is 49.3 Å². The summed E-state index contributed by atoms with van der Waals surface area (Å²) < 4.78 is 0.796. The standard InChI is InChI=1S/C10H13BrN4O/c1-10(2)4-8(16)15(14(10)3)9-12-5-7(11)6-13-9/h5-6H,4H2,1-3H3. The molecule has 1 saturated heterocycles. The van der Waals surface area contributed by atoms with Crippen LogP contribution in [0, 0.1) is 0 Å². The number of halogens is 1. The molecule has 0 saturated carbocycles. The monoisotopic (exact) mass is 284 g/mol. The first-order valence-electron chi connectivity index (χ1n) is 4.96. The van der Waals surface area contributed by atoms with Crippen molar-refractivity contribution in [1.82, 2.24) is 15.0 Å².